The maximum absolute atomic E-state index is 10.1. The minimum atomic E-state index is -0.134. The van der Waals surface area contributed by atoms with Crippen molar-refractivity contribution < 1.29 is 5.11 Å². The van der Waals surface area contributed by atoms with E-state index in [2.05, 4.69) is 59.7 Å². The van der Waals surface area contributed by atoms with E-state index in [1.165, 1.54) is 16.0 Å². The molecule has 21 heavy (non-hydrogen) atoms. The fourth-order valence-corrected chi connectivity index (χ4v) is 4.43. The van der Waals surface area contributed by atoms with Gasteiger partial charge in [0.05, 0.1) is 6.10 Å². The third-order valence-corrected chi connectivity index (χ3v) is 5.81. The fraction of sp³-hybridized carbons (Fsp3) is 0.684. The molecule has 1 fully saturated rings. The molecule has 1 saturated carbocycles. The van der Waals surface area contributed by atoms with Crippen LogP contribution < -0.4 is 0 Å². The largest absolute Gasteiger partial charge is 0.392 e. The van der Waals surface area contributed by atoms with Crippen molar-refractivity contribution in [3.05, 3.63) is 29.3 Å². The van der Waals surface area contributed by atoms with E-state index in [0.29, 0.717) is 5.25 Å². The molecule has 1 aromatic rings. The second kappa shape index (κ2) is 5.96. The predicted octanol–water partition coefficient (Wildman–Crippen LogP) is 5.29. The van der Waals surface area contributed by atoms with E-state index >= 15 is 0 Å². The summed E-state index contributed by atoms with van der Waals surface area (Å²) in [5.74, 6) is 0. The Balaban J connectivity index is 2.36. The Bertz CT molecular complexity index is 493. The van der Waals surface area contributed by atoms with E-state index in [4.69, 9.17) is 0 Å². The third kappa shape index (κ3) is 4.04. The summed E-state index contributed by atoms with van der Waals surface area (Å²) in [4.78, 5) is 1.35. The average Bonchev–Trinajstić information content (AvgIpc) is 2.73. The molecular formula is C19H30OS. The first-order valence-corrected chi connectivity index (χ1v) is 8.97. The SMILES string of the molecule is CC(C)(C)c1ccc(SC2CCCC2O)c(C(C)(C)C)c1. The third-order valence-electron chi connectivity index (χ3n) is 4.35. The molecule has 0 aliphatic heterocycles. The van der Waals surface area contributed by atoms with Crippen molar-refractivity contribution in [3.63, 3.8) is 0 Å². The molecule has 0 heterocycles. The lowest BCUT2D eigenvalue weighted by molar-refractivity contribution is 0.188. The van der Waals surface area contributed by atoms with Crippen LogP contribution in [0.1, 0.15) is 71.9 Å². The molecule has 2 rings (SSSR count). The van der Waals surface area contributed by atoms with Crippen molar-refractivity contribution in [2.45, 2.75) is 87.9 Å². The molecular weight excluding hydrogens is 276 g/mol. The van der Waals surface area contributed by atoms with Gasteiger partial charge < -0.3 is 5.11 Å². The van der Waals surface area contributed by atoms with Crippen LogP contribution >= 0.6 is 11.8 Å². The summed E-state index contributed by atoms with van der Waals surface area (Å²) in [6.07, 6.45) is 3.12. The van der Waals surface area contributed by atoms with Crippen LogP contribution in [-0.2, 0) is 10.8 Å². The van der Waals surface area contributed by atoms with Crippen LogP contribution in [-0.4, -0.2) is 16.5 Å². The van der Waals surface area contributed by atoms with Crippen LogP contribution in [0.2, 0.25) is 0 Å². The number of hydrogen-bond acceptors (Lipinski definition) is 2. The molecule has 0 spiro atoms. The molecule has 1 aliphatic carbocycles. The van der Waals surface area contributed by atoms with Gasteiger partial charge >= 0.3 is 0 Å². The van der Waals surface area contributed by atoms with Crippen LogP contribution in [0.25, 0.3) is 0 Å². The van der Waals surface area contributed by atoms with Gasteiger partial charge in [0.25, 0.3) is 0 Å². The topological polar surface area (TPSA) is 20.2 Å². The van der Waals surface area contributed by atoms with Gasteiger partial charge in [-0.25, -0.2) is 0 Å². The average molecular weight is 307 g/mol. The highest BCUT2D eigenvalue weighted by Crippen LogP contribution is 2.41. The maximum atomic E-state index is 10.1. The zero-order valence-electron chi connectivity index (χ0n) is 14.4. The Morgan fingerprint density at radius 2 is 1.67 bits per heavy atom. The van der Waals surface area contributed by atoms with Crippen LogP contribution in [0, 0.1) is 0 Å². The quantitative estimate of drug-likeness (QED) is 0.801. The summed E-state index contributed by atoms with van der Waals surface area (Å²) < 4.78 is 0. The summed E-state index contributed by atoms with van der Waals surface area (Å²) in [7, 11) is 0. The molecule has 0 amide bonds. The Morgan fingerprint density at radius 1 is 1.00 bits per heavy atom. The van der Waals surface area contributed by atoms with E-state index in [1.54, 1.807) is 0 Å². The van der Waals surface area contributed by atoms with Crippen molar-refractivity contribution in [2.24, 2.45) is 0 Å². The fourth-order valence-electron chi connectivity index (χ4n) is 2.89. The lowest BCUT2D eigenvalue weighted by Gasteiger charge is -2.28. The predicted molar refractivity (Wildman–Crippen MR) is 93.3 cm³/mol. The number of rotatable bonds is 2. The highest BCUT2D eigenvalue weighted by Gasteiger charge is 2.29. The molecule has 1 aromatic carbocycles. The van der Waals surface area contributed by atoms with E-state index in [-0.39, 0.29) is 16.9 Å². The lowest BCUT2D eigenvalue weighted by atomic mass is 9.81. The molecule has 1 nitrogen and oxygen atoms in total. The van der Waals surface area contributed by atoms with Crippen LogP contribution in [0.5, 0.6) is 0 Å². The highest BCUT2D eigenvalue weighted by atomic mass is 32.2. The van der Waals surface area contributed by atoms with Gasteiger partial charge in [0, 0.05) is 10.1 Å². The minimum absolute atomic E-state index is 0.132. The second-order valence-corrected chi connectivity index (χ2v) is 9.65. The van der Waals surface area contributed by atoms with Crippen LogP contribution in [0.4, 0.5) is 0 Å². The molecule has 118 valence electrons. The van der Waals surface area contributed by atoms with Crippen molar-refractivity contribution in [3.8, 4) is 0 Å². The number of benzene rings is 1. The minimum Gasteiger partial charge on any atom is -0.392 e. The summed E-state index contributed by atoms with van der Waals surface area (Å²) in [6, 6.07) is 6.92. The van der Waals surface area contributed by atoms with E-state index < -0.39 is 0 Å². The number of hydrogen-bond donors (Lipinski definition) is 1. The first-order valence-electron chi connectivity index (χ1n) is 8.09. The van der Waals surface area contributed by atoms with Crippen molar-refractivity contribution in [1.29, 1.82) is 0 Å². The maximum Gasteiger partial charge on any atom is 0.0662 e. The van der Waals surface area contributed by atoms with Crippen molar-refractivity contribution >= 4 is 11.8 Å². The van der Waals surface area contributed by atoms with Crippen molar-refractivity contribution in [2.75, 3.05) is 0 Å². The Hall–Kier alpha value is -0.470. The molecule has 2 unspecified atom stereocenters. The zero-order valence-corrected chi connectivity index (χ0v) is 15.2. The van der Waals surface area contributed by atoms with E-state index in [9.17, 15) is 5.11 Å². The normalized spacial score (nSPS) is 23.6. The molecule has 0 saturated heterocycles. The van der Waals surface area contributed by atoms with Gasteiger partial charge in [-0.1, -0.05) is 53.7 Å². The zero-order chi connectivity index (χ0) is 15.8. The standard InChI is InChI=1S/C19H30OS/c1-18(2,3)13-10-11-16(14(12-13)19(4,5)6)21-17-9-7-8-15(17)20/h10-12,15,17,20H,7-9H2,1-6H3. The van der Waals surface area contributed by atoms with E-state index in [0.717, 1.165) is 19.3 Å². The van der Waals surface area contributed by atoms with Gasteiger partial charge in [-0.15, -0.1) is 11.8 Å². The molecule has 0 radical (unpaired) electrons. The summed E-state index contributed by atoms with van der Waals surface area (Å²) in [5, 5.41) is 10.5. The highest BCUT2D eigenvalue weighted by molar-refractivity contribution is 8.00. The number of thioether (sulfide) groups is 1. The van der Waals surface area contributed by atoms with Crippen LogP contribution in [0.15, 0.2) is 23.1 Å². The summed E-state index contributed by atoms with van der Waals surface area (Å²) in [5.41, 5.74) is 3.12. The molecule has 1 N–H and O–H groups in total. The first kappa shape index (κ1) is 16.9. The number of aliphatic hydroxyl groups excluding tert-OH is 1. The smallest absolute Gasteiger partial charge is 0.0662 e. The van der Waals surface area contributed by atoms with Gasteiger partial charge in [-0.05, 0) is 47.3 Å². The van der Waals surface area contributed by atoms with Gasteiger partial charge in [-0.2, -0.15) is 0 Å². The molecule has 2 atom stereocenters. The Morgan fingerprint density at radius 3 is 2.14 bits per heavy atom. The molecule has 0 bridgehead atoms. The second-order valence-electron chi connectivity index (χ2n) is 8.37. The first-order chi connectivity index (χ1) is 9.59. The van der Waals surface area contributed by atoms with Crippen LogP contribution in [0.3, 0.4) is 0 Å². The molecule has 0 aromatic heterocycles. The molecule has 2 heteroatoms. The van der Waals surface area contributed by atoms with Gasteiger partial charge in [-0.3, -0.25) is 0 Å². The monoisotopic (exact) mass is 306 g/mol. The van der Waals surface area contributed by atoms with Gasteiger partial charge in [0.1, 0.15) is 0 Å². The van der Waals surface area contributed by atoms with Gasteiger partial charge in [0.15, 0.2) is 0 Å². The lowest BCUT2D eigenvalue weighted by Crippen LogP contribution is -2.19. The molecule has 1 aliphatic rings. The van der Waals surface area contributed by atoms with Gasteiger partial charge in [0.2, 0.25) is 0 Å². The van der Waals surface area contributed by atoms with Crippen molar-refractivity contribution in [1.82, 2.24) is 0 Å². The summed E-state index contributed by atoms with van der Waals surface area (Å²) in [6.45, 7) is 13.6. The summed E-state index contributed by atoms with van der Waals surface area (Å²) >= 11 is 1.88. The Labute approximate surface area is 134 Å². The van der Waals surface area contributed by atoms with E-state index in [1.807, 2.05) is 11.8 Å². The Kier molecular flexibility index (Phi) is 4.80. The number of aliphatic hydroxyl groups is 1.